The molecule has 0 aromatic carbocycles. The summed E-state index contributed by atoms with van der Waals surface area (Å²) in [5.41, 5.74) is 0. The largest absolute Gasteiger partial charge is 0.0979 e. The molecule has 50 valence electrons. The summed E-state index contributed by atoms with van der Waals surface area (Å²) < 4.78 is 0.933. The van der Waals surface area contributed by atoms with Gasteiger partial charge in [-0.25, -0.2) is 0 Å². The van der Waals surface area contributed by atoms with Crippen molar-refractivity contribution in [3.05, 3.63) is 34.3 Å². The molecule has 0 saturated heterocycles. The average molecular weight is 207 g/mol. The summed E-state index contributed by atoms with van der Waals surface area (Å²) in [6.45, 7) is 5.37. The highest BCUT2D eigenvalue weighted by Gasteiger charge is 1.78. The average Bonchev–Trinajstić information content (AvgIpc) is 1.83. The molecule has 0 aliphatic carbocycles. The molecule has 0 N–H and O–H groups in total. The standard InChI is InChI=1S/C7H8BrCl/c1-3-7(8)5-4-6(2)9/h3-5H,1H2,2H3/b6-4+,7-5+. The minimum absolute atomic E-state index is 0.758. The normalized spacial score (nSPS) is 13.7. The Bertz CT molecular complexity index is 152. The summed E-state index contributed by atoms with van der Waals surface area (Å²) in [5, 5.41) is 0.758. The van der Waals surface area contributed by atoms with Crippen LogP contribution in [-0.4, -0.2) is 0 Å². The molecule has 0 aliphatic rings. The quantitative estimate of drug-likeness (QED) is 0.607. The Hall–Kier alpha value is -0.0100. The molecule has 0 heterocycles. The van der Waals surface area contributed by atoms with E-state index in [2.05, 4.69) is 22.5 Å². The van der Waals surface area contributed by atoms with E-state index in [0.717, 1.165) is 9.51 Å². The molecule has 0 fully saturated rings. The first-order valence-electron chi connectivity index (χ1n) is 2.49. The van der Waals surface area contributed by atoms with Crippen molar-refractivity contribution in [2.24, 2.45) is 0 Å². The fourth-order valence-corrected chi connectivity index (χ4v) is 0.458. The molecule has 0 amide bonds. The summed E-state index contributed by atoms with van der Waals surface area (Å²) in [6.07, 6.45) is 5.35. The number of halogens is 2. The lowest BCUT2D eigenvalue weighted by molar-refractivity contribution is 1.66. The predicted molar refractivity (Wildman–Crippen MR) is 46.8 cm³/mol. The van der Waals surface area contributed by atoms with Gasteiger partial charge in [-0.15, -0.1) is 0 Å². The first kappa shape index (κ1) is 8.99. The van der Waals surface area contributed by atoms with Gasteiger partial charge in [-0.1, -0.05) is 40.2 Å². The van der Waals surface area contributed by atoms with E-state index in [4.69, 9.17) is 11.6 Å². The van der Waals surface area contributed by atoms with Crippen LogP contribution in [0.3, 0.4) is 0 Å². The van der Waals surface area contributed by atoms with Gasteiger partial charge < -0.3 is 0 Å². The molecular formula is C7H8BrCl. The third kappa shape index (κ3) is 5.87. The maximum absolute atomic E-state index is 5.54. The van der Waals surface area contributed by atoms with Crippen molar-refractivity contribution >= 4 is 27.5 Å². The minimum atomic E-state index is 0.758. The summed E-state index contributed by atoms with van der Waals surface area (Å²) in [6, 6.07) is 0. The molecule has 0 atom stereocenters. The SMILES string of the molecule is C=C/C(Br)=C\C=C(/C)Cl. The number of hydrogen-bond acceptors (Lipinski definition) is 0. The second kappa shape index (κ2) is 4.83. The Morgan fingerprint density at radius 1 is 1.56 bits per heavy atom. The zero-order valence-corrected chi connectivity index (χ0v) is 7.54. The van der Waals surface area contributed by atoms with Crippen LogP contribution in [0.5, 0.6) is 0 Å². The van der Waals surface area contributed by atoms with E-state index in [1.54, 1.807) is 12.2 Å². The van der Waals surface area contributed by atoms with Crippen LogP contribution in [0.25, 0.3) is 0 Å². The lowest BCUT2D eigenvalue weighted by Crippen LogP contribution is -1.58. The zero-order valence-electron chi connectivity index (χ0n) is 5.20. The molecule has 0 saturated carbocycles. The van der Waals surface area contributed by atoms with Crippen LogP contribution < -0.4 is 0 Å². The van der Waals surface area contributed by atoms with Crippen molar-refractivity contribution in [2.75, 3.05) is 0 Å². The molecule has 0 radical (unpaired) electrons. The van der Waals surface area contributed by atoms with Crippen LogP contribution in [0.15, 0.2) is 34.3 Å². The lowest BCUT2D eigenvalue weighted by atomic mass is 10.4. The van der Waals surface area contributed by atoms with E-state index in [-0.39, 0.29) is 0 Å². The fraction of sp³-hybridized carbons (Fsp3) is 0.143. The Labute approximate surface area is 69.0 Å². The maximum atomic E-state index is 5.54. The molecule has 0 rings (SSSR count). The zero-order chi connectivity index (χ0) is 7.28. The van der Waals surface area contributed by atoms with Gasteiger partial charge in [0.1, 0.15) is 0 Å². The summed E-state index contributed by atoms with van der Waals surface area (Å²) >= 11 is 8.79. The molecular weight excluding hydrogens is 199 g/mol. The van der Waals surface area contributed by atoms with Gasteiger partial charge in [-0.2, -0.15) is 0 Å². The second-order valence-electron chi connectivity index (χ2n) is 1.51. The first-order valence-corrected chi connectivity index (χ1v) is 3.66. The third-order valence-electron chi connectivity index (χ3n) is 0.667. The van der Waals surface area contributed by atoms with Crippen molar-refractivity contribution in [1.29, 1.82) is 0 Å². The van der Waals surface area contributed by atoms with E-state index < -0.39 is 0 Å². The Kier molecular flexibility index (Phi) is 4.83. The smallest absolute Gasteiger partial charge is 0.0169 e. The molecule has 9 heavy (non-hydrogen) atoms. The van der Waals surface area contributed by atoms with E-state index in [9.17, 15) is 0 Å². The van der Waals surface area contributed by atoms with Gasteiger partial charge in [0.2, 0.25) is 0 Å². The molecule has 0 aromatic rings. The molecule has 0 aliphatic heterocycles. The third-order valence-corrected chi connectivity index (χ3v) is 1.38. The van der Waals surface area contributed by atoms with Gasteiger partial charge in [0.05, 0.1) is 0 Å². The van der Waals surface area contributed by atoms with Gasteiger partial charge in [0, 0.05) is 9.51 Å². The monoisotopic (exact) mass is 206 g/mol. The molecule has 0 bridgehead atoms. The minimum Gasteiger partial charge on any atom is -0.0979 e. The van der Waals surface area contributed by atoms with Crippen LogP contribution in [0, 0.1) is 0 Å². The Balaban J connectivity index is 3.98. The fourth-order valence-electron chi connectivity index (χ4n) is 0.262. The summed E-state index contributed by atoms with van der Waals surface area (Å²) in [5.74, 6) is 0. The summed E-state index contributed by atoms with van der Waals surface area (Å²) in [7, 11) is 0. The molecule has 0 aromatic heterocycles. The molecule has 2 heteroatoms. The highest BCUT2D eigenvalue weighted by atomic mass is 79.9. The van der Waals surface area contributed by atoms with E-state index in [1.807, 2.05) is 13.0 Å². The van der Waals surface area contributed by atoms with Crippen molar-refractivity contribution in [2.45, 2.75) is 6.92 Å². The first-order chi connectivity index (χ1) is 4.16. The Morgan fingerprint density at radius 3 is 2.44 bits per heavy atom. The second-order valence-corrected chi connectivity index (χ2v) is 3.02. The number of rotatable bonds is 2. The molecule has 0 nitrogen and oxygen atoms in total. The number of hydrogen-bond donors (Lipinski definition) is 0. The highest BCUT2D eigenvalue weighted by molar-refractivity contribution is 9.11. The topological polar surface area (TPSA) is 0 Å². The van der Waals surface area contributed by atoms with Crippen LogP contribution in [0.4, 0.5) is 0 Å². The van der Waals surface area contributed by atoms with E-state index in [0.29, 0.717) is 0 Å². The van der Waals surface area contributed by atoms with Gasteiger partial charge >= 0.3 is 0 Å². The van der Waals surface area contributed by atoms with Gasteiger partial charge in [-0.05, 0) is 19.1 Å². The van der Waals surface area contributed by atoms with Crippen LogP contribution >= 0.6 is 27.5 Å². The molecule has 0 unspecified atom stereocenters. The Morgan fingerprint density at radius 2 is 2.11 bits per heavy atom. The van der Waals surface area contributed by atoms with Gasteiger partial charge in [0.25, 0.3) is 0 Å². The lowest BCUT2D eigenvalue weighted by Gasteiger charge is -1.82. The maximum Gasteiger partial charge on any atom is 0.0169 e. The van der Waals surface area contributed by atoms with Crippen molar-refractivity contribution < 1.29 is 0 Å². The molecule has 0 spiro atoms. The van der Waals surface area contributed by atoms with Crippen LogP contribution in [0.2, 0.25) is 0 Å². The predicted octanol–water partition coefficient (Wildman–Crippen LogP) is 3.59. The highest BCUT2D eigenvalue weighted by Crippen LogP contribution is 2.07. The number of allylic oxidation sites excluding steroid dienone is 5. The van der Waals surface area contributed by atoms with Crippen molar-refractivity contribution in [3.8, 4) is 0 Å². The van der Waals surface area contributed by atoms with Crippen molar-refractivity contribution in [1.82, 2.24) is 0 Å². The van der Waals surface area contributed by atoms with Gasteiger partial charge in [-0.3, -0.25) is 0 Å². The van der Waals surface area contributed by atoms with Crippen LogP contribution in [-0.2, 0) is 0 Å². The summed E-state index contributed by atoms with van der Waals surface area (Å²) in [4.78, 5) is 0. The van der Waals surface area contributed by atoms with E-state index >= 15 is 0 Å². The van der Waals surface area contributed by atoms with Crippen LogP contribution in [0.1, 0.15) is 6.92 Å². The van der Waals surface area contributed by atoms with E-state index in [1.165, 1.54) is 0 Å². The van der Waals surface area contributed by atoms with Crippen molar-refractivity contribution in [3.63, 3.8) is 0 Å². The van der Waals surface area contributed by atoms with Gasteiger partial charge in [0.15, 0.2) is 0 Å².